The van der Waals surface area contributed by atoms with Crippen LogP contribution in [0.1, 0.15) is 24.5 Å². The topological polar surface area (TPSA) is 63.1 Å². The Hall–Kier alpha value is -2.58. The number of benzene rings is 1. The van der Waals surface area contributed by atoms with Gasteiger partial charge in [0.25, 0.3) is 5.91 Å². The van der Waals surface area contributed by atoms with E-state index in [4.69, 9.17) is 0 Å². The van der Waals surface area contributed by atoms with Gasteiger partial charge in [0.15, 0.2) is 5.82 Å². The molecule has 1 N–H and O–H groups in total. The number of carbonyl (C=O) groups excluding carboxylic acids is 1. The first-order chi connectivity index (χ1) is 13.0. The lowest BCUT2D eigenvalue weighted by molar-refractivity contribution is 0.0590. The van der Waals surface area contributed by atoms with Crippen LogP contribution < -0.4 is 5.32 Å². The zero-order valence-electron chi connectivity index (χ0n) is 15.1. The number of carbonyl (C=O) groups is 1. The summed E-state index contributed by atoms with van der Waals surface area (Å²) in [6, 6.07) is 10.1. The monoisotopic (exact) mass is 385 g/mol. The van der Waals surface area contributed by atoms with Crippen LogP contribution >= 0.6 is 11.3 Å². The van der Waals surface area contributed by atoms with Crippen molar-refractivity contribution in [3.8, 4) is 16.4 Å². The van der Waals surface area contributed by atoms with E-state index in [0.717, 1.165) is 11.4 Å². The maximum Gasteiger partial charge on any atom is 0.293 e. The SMILES string of the molecule is CC1NCCN(C(=O)c2nc(-c3cccs3)n(-c3ccc(F)cc3)n2)C1C. The third-order valence-corrected chi connectivity index (χ3v) is 5.77. The second-order valence-corrected chi connectivity index (χ2v) is 7.55. The molecular weight excluding hydrogens is 365 g/mol. The van der Waals surface area contributed by atoms with E-state index in [0.29, 0.717) is 18.1 Å². The van der Waals surface area contributed by atoms with E-state index < -0.39 is 0 Å². The first-order valence-corrected chi connectivity index (χ1v) is 9.74. The van der Waals surface area contributed by atoms with Gasteiger partial charge in [0, 0.05) is 25.2 Å². The van der Waals surface area contributed by atoms with E-state index in [1.807, 2.05) is 29.3 Å². The summed E-state index contributed by atoms with van der Waals surface area (Å²) in [5.74, 6) is 0.227. The van der Waals surface area contributed by atoms with Crippen LogP contribution in [0.25, 0.3) is 16.4 Å². The fraction of sp³-hybridized carbons (Fsp3) is 0.316. The van der Waals surface area contributed by atoms with Crippen molar-refractivity contribution in [2.45, 2.75) is 25.9 Å². The molecule has 0 spiro atoms. The number of piperazine rings is 1. The fourth-order valence-corrected chi connectivity index (χ4v) is 3.90. The fourth-order valence-electron chi connectivity index (χ4n) is 3.20. The van der Waals surface area contributed by atoms with Gasteiger partial charge in [-0.2, -0.15) is 0 Å². The minimum absolute atomic E-state index is 0.0502. The number of halogens is 1. The van der Waals surface area contributed by atoms with Crippen LogP contribution in [0.4, 0.5) is 4.39 Å². The summed E-state index contributed by atoms with van der Waals surface area (Å²) in [6.45, 7) is 5.44. The normalized spacial score (nSPS) is 20.0. The Morgan fingerprint density at radius 1 is 1.26 bits per heavy atom. The van der Waals surface area contributed by atoms with Gasteiger partial charge < -0.3 is 10.2 Å². The quantitative estimate of drug-likeness (QED) is 0.753. The lowest BCUT2D eigenvalue weighted by Gasteiger charge is -2.37. The van der Waals surface area contributed by atoms with Crippen LogP contribution in [0.2, 0.25) is 0 Å². The first-order valence-electron chi connectivity index (χ1n) is 8.86. The molecule has 1 saturated heterocycles. The molecule has 1 aromatic carbocycles. The average Bonchev–Trinajstić information content (AvgIpc) is 3.33. The summed E-state index contributed by atoms with van der Waals surface area (Å²) in [4.78, 5) is 20.3. The van der Waals surface area contributed by atoms with Crippen LogP contribution in [0.3, 0.4) is 0 Å². The van der Waals surface area contributed by atoms with Gasteiger partial charge in [-0.1, -0.05) is 6.07 Å². The molecule has 4 rings (SSSR count). The third-order valence-electron chi connectivity index (χ3n) is 4.91. The summed E-state index contributed by atoms with van der Waals surface area (Å²) in [5.41, 5.74) is 0.660. The molecule has 2 atom stereocenters. The second kappa shape index (κ2) is 7.21. The van der Waals surface area contributed by atoms with Gasteiger partial charge in [0.05, 0.1) is 10.6 Å². The number of nitrogens with one attached hydrogen (secondary N) is 1. The molecule has 0 radical (unpaired) electrons. The minimum Gasteiger partial charge on any atom is -0.330 e. The maximum absolute atomic E-state index is 13.3. The molecule has 8 heteroatoms. The Morgan fingerprint density at radius 3 is 2.74 bits per heavy atom. The molecule has 1 fully saturated rings. The number of thiophene rings is 1. The van der Waals surface area contributed by atoms with E-state index in [2.05, 4.69) is 22.3 Å². The van der Waals surface area contributed by atoms with Crippen molar-refractivity contribution in [1.29, 1.82) is 0 Å². The van der Waals surface area contributed by atoms with E-state index in [1.54, 1.807) is 16.8 Å². The zero-order chi connectivity index (χ0) is 19.0. The molecule has 1 amide bonds. The van der Waals surface area contributed by atoms with Crippen molar-refractivity contribution < 1.29 is 9.18 Å². The zero-order valence-corrected chi connectivity index (χ0v) is 15.9. The number of aromatic nitrogens is 3. The molecule has 27 heavy (non-hydrogen) atoms. The summed E-state index contributed by atoms with van der Waals surface area (Å²) in [6.07, 6.45) is 0. The van der Waals surface area contributed by atoms with Crippen LogP contribution in [-0.2, 0) is 0 Å². The number of rotatable bonds is 3. The smallest absolute Gasteiger partial charge is 0.293 e. The van der Waals surface area contributed by atoms with Crippen LogP contribution in [0.15, 0.2) is 41.8 Å². The summed E-state index contributed by atoms with van der Waals surface area (Å²) >= 11 is 1.52. The van der Waals surface area contributed by atoms with Gasteiger partial charge in [-0.15, -0.1) is 16.4 Å². The van der Waals surface area contributed by atoms with E-state index in [-0.39, 0.29) is 29.6 Å². The lowest BCUT2D eigenvalue weighted by Crippen LogP contribution is -2.57. The molecule has 0 bridgehead atoms. The molecule has 2 aromatic heterocycles. The molecule has 0 saturated carbocycles. The van der Waals surface area contributed by atoms with Crippen LogP contribution in [0, 0.1) is 5.82 Å². The largest absolute Gasteiger partial charge is 0.330 e. The van der Waals surface area contributed by atoms with Gasteiger partial charge in [0.1, 0.15) is 5.82 Å². The van der Waals surface area contributed by atoms with Crippen LogP contribution in [-0.4, -0.2) is 50.7 Å². The summed E-state index contributed by atoms with van der Waals surface area (Å²) in [5, 5.41) is 9.79. The number of hydrogen-bond donors (Lipinski definition) is 1. The lowest BCUT2D eigenvalue weighted by atomic mass is 10.1. The van der Waals surface area contributed by atoms with Gasteiger partial charge in [-0.25, -0.2) is 14.1 Å². The van der Waals surface area contributed by atoms with Gasteiger partial charge in [-0.05, 0) is 49.6 Å². The van der Waals surface area contributed by atoms with Gasteiger partial charge in [0.2, 0.25) is 5.82 Å². The molecular formula is C19H20FN5OS. The van der Waals surface area contributed by atoms with Crippen molar-refractivity contribution in [2.24, 2.45) is 0 Å². The van der Waals surface area contributed by atoms with Crippen molar-refractivity contribution in [1.82, 2.24) is 25.0 Å². The summed E-state index contributed by atoms with van der Waals surface area (Å²) < 4.78 is 14.9. The molecule has 0 aliphatic carbocycles. The van der Waals surface area contributed by atoms with Crippen molar-refractivity contribution in [2.75, 3.05) is 13.1 Å². The highest BCUT2D eigenvalue weighted by Crippen LogP contribution is 2.26. The molecule has 1 aliphatic heterocycles. The third kappa shape index (κ3) is 3.38. The molecule has 2 unspecified atom stereocenters. The highest BCUT2D eigenvalue weighted by atomic mass is 32.1. The van der Waals surface area contributed by atoms with E-state index >= 15 is 0 Å². The summed E-state index contributed by atoms with van der Waals surface area (Å²) in [7, 11) is 0. The second-order valence-electron chi connectivity index (χ2n) is 6.61. The first kappa shape index (κ1) is 17.8. The predicted octanol–water partition coefficient (Wildman–Crippen LogP) is 2.96. The van der Waals surface area contributed by atoms with Crippen molar-refractivity contribution >= 4 is 17.2 Å². The van der Waals surface area contributed by atoms with E-state index in [9.17, 15) is 9.18 Å². The van der Waals surface area contributed by atoms with Gasteiger partial charge in [-0.3, -0.25) is 4.79 Å². The molecule has 1 aliphatic rings. The standard InChI is InChI=1S/C19H20FN5OS/c1-12-13(2)24(10-9-21-12)19(26)17-22-18(16-4-3-11-27-16)25(23-17)15-7-5-14(20)6-8-15/h3-8,11-13,21H,9-10H2,1-2H3. The van der Waals surface area contributed by atoms with Gasteiger partial charge >= 0.3 is 0 Å². The van der Waals surface area contributed by atoms with Crippen molar-refractivity contribution in [3.05, 3.63) is 53.4 Å². The highest BCUT2D eigenvalue weighted by Gasteiger charge is 2.31. The predicted molar refractivity (Wildman–Crippen MR) is 103 cm³/mol. The van der Waals surface area contributed by atoms with Crippen LogP contribution in [0.5, 0.6) is 0 Å². The van der Waals surface area contributed by atoms with Crippen molar-refractivity contribution in [3.63, 3.8) is 0 Å². The molecule has 6 nitrogen and oxygen atoms in total. The minimum atomic E-state index is -0.323. The Bertz CT molecular complexity index is 938. The average molecular weight is 385 g/mol. The Kier molecular flexibility index (Phi) is 4.75. The number of amides is 1. The highest BCUT2D eigenvalue weighted by molar-refractivity contribution is 7.13. The van der Waals surface area contributed by atoms with E-state index in [1.165, 1.54) is 23.5 Å². The Labute approximate surface area is 160 Å². The Balaban J connectivity index is 1.75. The molecule has 3 aromatic rings. The number of hydrogen-bond acceptors (Lipinski definition) is 5. The maximum atomic E-state index is 13.3. The number of nitrogens with zero attached hydrogens (tertiary/aromatic N) is 4. The molecule has 140 valence electrons. The molecule has 3 heterocycles. The Morgan fingerprint density at radius 2 is 2.04 bits per heavy atom.